The molecule has 3 N–H and O–H groups in total. The van der Waals surface area contributed by atoms with Crippen molar-refractivity contribution in [1.29, 1.82) is 0 Å². The molecule has 1 atom stereocenters. The summed E-state index contributed by atoms with van der Waals surface area (Å²) >= 11 is 0. The van der Waals surface area contributed by atoms with Gasteiger partial charge in [0.1, 0.15) is 6.67 Å². The lowest BCUT2D eigenvalue weighted by molar-refractivity contribution is 0.371. The molecule has 0 aliphatic rings. The third-order valence-electron chi connectivity index (χ3n) is 1.80. The molecular weight excluding hydrogens is 209 g/mol. The number of ether oxygens (including phenoxy) is 1. The van der Waals surface area contributed by atoms with Crippen LogP contribution in [0.2, 0.25) is 0 Å². The Morgan fingerprint density at radius 1 is 1.57 bits per heavy atom. The minimum atomic E-state index is -0.684. The van der Waals surface area contributed by atoms with E-state index in [1.54, 1.807) is 12.1 Å². The predicted octanol–water partition coefficient (Wildman–Crippen LogP) is 1.79. The molecule has 1 aromatic rings. The highest BCUT2D eigenvalue weighted by Crippen LogP contribution is 2.28. The maximum Gasteiger partial charge on any atom is 0.160 e. The molecule has 0 aliphatic heterocycles. The Hall–Kier alpha value is -1.00. The fourth-order valence-corrected chi connectivity index (χ4v) is 1.03. The summed E-state index contributed by atoms with van der Waals surface area (Å²) in [4.78, 5) is 0. The summed E-state index contributed by atoms with van der Waals surface area (Å²) < 4.78 is 17.0. The summed E-state index contributed by atoms with van der Waals surface area (Å²) in [5.74, 6) is 0.332. The molecule has 80 valence electrons. The summed E-state index contributed by atoms with van der Waals surface area (Å²) in [5.41, 5.74) is 5.98. The number of hydrogen-bond donors (Lipinski definition) is 2. The van der Waals surface area contributed by atoms with E-state index in [0.29, 0.717) is 11.3 Å². The van der Waals surface area contributed by atoms with Gasteiger partial charge in [0.2, 0.25) is 0 Å². The minimum Gasteiger partial charge on any atom is -0.504 e. The van der Waals surface area contributed by atoms with Gasteiger partial charge >= 0.3 is 0 Å². The molecule has 0 radical (unpaired) electrons. The lowest BCUT2D eigenvalue weighted by Gasteiger charge is -2.09. The first-order chi connectivity index (χ1) is 6.19. The van der Waals surface area contributed by atoms with Gasteiger partial charge in [-0.1, -0.05) is 6.07 Å². The Morgan fingerprint density at radius 3 is 2.64 bits per heavy atom. The molecule has 0 saturated heterocycles. The molecule has 5 heteroatoms. The van der Waals surface area contributed by atoms with E-state index in [2.05, 4.69) is 0 Å². The van der Waals surface area contributed by atoms with E-state index in [9.17, 15) is 9.50 Å². The summed E-state index contributed by atoms with van der Waals surface area (Å²) in [6, 6.07) is 3.91. The molecule has 0 heterocycles. The molecule has 0 bridgehead atoms. The molecule has 14 heavy (non-hydrogen) atoms. The van der Waals surface area contributed by atoms with Crippen molar-refractivity contribution in [2.24, 2.45) is 5.73 Å². The van der Waals surface area contributed by atoms with E-state index in [1.165, 1.54) is 13.2 Å². The lowest BCUT2D eigenvalue weighted by atomic mass is 10.1. The third-order valence-corrected chi connectivity index (χ3v) is 1.80. The fourth-order valence-electron chi connectivity index (χ4n) is 1.03. The van der Waals surface area contributed by atoms with E-state index < -0.39 is 12.7 Å². The lowest BCUT2D eigenvalue weighted by Crippen LogP contribution is -2.11. The van der Waals surface area contributed by atoms with Gasteiger partial charge in [0.25, 0.3) is 0 Å². The van der Waals surface area contributed by atoms with Crippen molar-refractivity contribution in [3.05, 3.63) is 23.8 Å². The Morgan fingerprint density at radius 2 is 2.21 bits per heavy atom. The molecule has 1 rings (SSSR count). The van der Waals surface area contributed by atoms with Crippen LogP contribution in [0.5, 0.6) is 11.5 Å². The van der Waals surface area contributed by atoms with E-state index in [-0.39, 0.29) is 18.2 Å². The van der Waals surface area contributed by atoms with E-state index in [0.717, 1.165) is 0 Å². The topological polar surface area (TPSA) is 55.5 Å². The SMILES string of the molecule is COc1ccc([C@H](N)CF)cc1O.Cl. The maximum absolute atomic E-state index is 12.1. The van der Waals surface area contributed by atoms with Crippen molar-refractivity contribution in [2.75, 3.05) is 13.8 Å². The molecule has 0 aliphatic carbocycles. The Kier molecular flexibility index (Phi) is 5.27. The van der Waals surface area contributed by atoms with Crippen LogP contribution in [0.15, 0.2) is 18.2 Å². The first kappa shape index (κ1) is 13.0. The Balaban J connectivity index is 0.00000169. The van der Waals surface area contributed by atoms with Crippen molar-refractivity contribution in [1.82, 2.24) is 0 Å². The zero-order valence-corrected chi connectivity index (χ0v) is 8.55. The van der Waals surface area contributed by atoms with Crippen molar-refractivity contribution >= 4 is 12.4 Å². The second-order valence-corrected chi connectivity index (χ2v) is 2.69. The van der Waals surface area contributed by atoms with Gasteiger partial charge in [-0.05, 0) is 17.7 Å². The molecule has 0 unspecified atom stereocenters. The minimum absolute atomic E-state index is 0. The number of phenolic OH excluding ortho intramolecular Hbond substituents is 1. The van der Waals surface area contributed by atoms with Gasteiger partial charge < -0.3 is 15.6 Å². The van der Waals surface area contributed by atoms with Crippen LogP contribution in [0.1, 0.15) is 11.6 Å². The number of alkyl halides is 1. The van der Waals surface area contributed by atoms with Gasteiger partial charge in [0, 0.05) is 0 Å². The molecule has 3 nitrogen and oxygen atoms in total. The van der Waals surface area contributed by atoms with Gasteiger partial charge in [0.15, 0.2) is 11.5 Å². The van der Waals surface area contributed by atoms with E-state index in [1.807, 2.05) is 0 Å². The van der Waals surface area contributed by atoms with Crippen LogP contribution in [0.3, 0.4) is 0 Å². The van der Waals surface area contributed by atoms with Crippen molar-refractivity contribution in [2.45, 2.75) is 6.04 Å². The van der Waals surface area contributed by atoms with Crippen LogP contribution in [-0.2, 0) is 0 Å². The van der Waals surface area contributed by atoms with Crippen LogP contribution in [-0.4, -0.2) is 18.9 Å². The second kappa shape index (κ2) is 5.67. The van der Waals surface area contributed by atoms with E-state index >= 15 is 0 Å². The standard InChI is InChI=1S/C9H12FNO2.ClH/c1-13-9-3-2-6(4-8(9)12)7(11)5-10;/h2-4,7,12H,5,11H2,1H3;1H/t7-;/m1./s1. The van der Waals surface area contributed by atoms with Gasteiger partial charge in [0.05, 0.1) is 13.2 Å². The first-order valence-corrected chi connectivity index (χ1v) is 3.87. The monoisotopic (exact) mass is 221 g/mol. The predicted molar refractivity (Wildman–Crippen MR) is 54.8 cm³/mol. The van der Waals surface area contributed by atoms with Gasteiger partial charge in [-0.2, -0.15) is 0 Å². The number of phenols is 1. The maximum atomic E-state index is 12.1. The summed E-state index contributed by atoms with van der Waals surface area (Å²) in [7, 11) is 1.45. The quantitative estimate of drug-likeness (QED) is 0.818. The van der Waals surface area contributed by atoms with Crippen LogP contribution in [0.4, 0.5) is 4.39 Å². The van der Waals surface area contributed by atoms with E-state index in [4.69, 9.17) is 10.5 Å². The van der Waals surface area contributed by atoms with Gasteiger partial charge in [-0.15, -0.1) is 12.4 Å². The highest BCUT2D eigenvalue weighted by Gasteiger charge is 2.08. The van der Waals surface area contributed by atoms with Crippen molar-refractivity contribution in [3.63, 3.8) is 0 Å². The number of nitrogens with two attached hydrogens (primary N) is 1. The number of rotatable bonds is 3. The summed E-state index contributed by atoms with van der Waals surface area (Å²) in [5, 5.41) is 9.33. The molecule has 0 saturated carbocycles. The van der Waals surface area contributed by atoms with Crippen molar-refractivity contribution < 1.29 is 14.2 Å². The first-order valence-electron chi connectivity index (χ1n) is 3.87. The number of halogens is 2. The van der Waals surface area contributed by atoms with Gasteiger partial charge in [-0.3, -0.25) is 0 Å². The Labute approximate surface area is 88.1 Å². The molecule has 0 amide bonds. The largest absolute Gasteiger partial charge is 0.504 e. The van der Waals surface area contributed by atoms with Crippen LogP contribution >= 0.6 is 12.4 Å². The zero-order valence-electron chi connectivity index (χ0n) is 7.74. The third kappa shape index (κ3) is 2.75. The number of hydrogen-bond acceptors (Lipinski definition) is 3. The number of aromatic hydroxyl groups is 1. The summed E-state index contributed by atoms with van der Waals surface area (Å²) in [6.45, 7) is -0.647. The number of benzene rings is 1. The van der Waals surface area contributed by atoms with Crippen LogP contribution in [0.25, 0.3) is 0 Å². The molecule has 1 aromatic carbocycles. The molecule has 0 spiro atoms. The molecule has 0 aromatic heterocycles. The highest BCUT2D eigenvalue weighted by atomic mass is 35.5. The molecular formula is C9H13ClFNO2. The smallest absolute Gasteiger partial charge is 0.160 e. The normalized spacial score (nSPS) is 11.6. The number of methoxy groups -OCH3 is 1. The van der Waals surface area contributed by atoms with Crippen molar-refractivity contribution in [3.8, 4) is 11.5 Å². The fraction of sp³-hybridized carbons (Fsp3) is 0.333. The highest BCUT2D eigenvalue weighted by molar-refractivity contribution is 5.85. The summed E-state index contributed by atoms with van der Waals surface area (Å²) in [6.07, 6.45) is 0. The average molecular weight is 222 g/mol. The van der Waals surface area contributed by atoms with Gasteiger partial charge in [-0.25, -0.2) is 4.39 Å². The molecule has 0 fully saturated rings. The Bertz CT molecular complexity index is 296. The van der Waals surface area contributed by atoms with Crippen LogP contribution in [0, 0.1) is 0 Å². The average Bonchev–Trinajstić information content (AvgIpc) is 2.16. The van der Waals surface area contributed by atoms with Crippen LogP contribution < -0.4 is 10.5 Å². The zero-order chi connectivity index (χ0) is 9.84. The second-order valence-electron chi connectivity index (χ2n) is 2.69.